The lowest BCUT2D eigenvalue weighted by Crippen LogP contribution is -2.43. The van der Waals surface area contributed by atoms with E-state index in [0.29, 0.717) is 22.3 Å². The second-order valence-corrected chi connectivity index (χ2v) is 8.28. The van der Waals surface area contributed by atoms with Crippen LogP contribution in [0.3, 0.4) is 0 Å². The highest BCUT2D eigenvalue weighted by atomic mass is 35.5. The molecule has 0 spiro atoms. The Labute approximate surface area is 173 Å². The molecule has 2 amide bonds. The molecule has 1 heterocycles. The maximum absolute atomic E-state index is 13.1. The van der Waals surface area contributed by atoms with Crippen molar-refractivity contribution in [2.75, 3.05) is 12.4 Å². The Morgan fingerprint density at radius 2 is 2.07 bits per heavy atom. The summed E-state index contributed by atoms with van der Waals surface area (Å²) in [5, 5.41) is 5.95. The van der Waals surface area contributed by atoms with Crippen LogP contribution in [0.5, 0.6) is 0 Å². The van der Waals surface area contributed by atoms with Crippen LogP contribution in [0.15, 0.2) is 23.6 Å². The second-order valence-electron chi connectivity index (χ2n) is 6.93. The Bertz CT molecular complexity index is 849. The summed E-state index contributed by atoms with van der Waals surface area (Å²) < 4.78 is 4.72. The molecule has 1 aliphatic carbocycles. The predicted octanol–water partition coefficient (Wildman–Crippen LogP) is 5.26. The van der Waals surface area contributed by atoms with Crippen LogP contribution >= 0.6 is 22.9 Å². The first-order valence-corrected chi connectivity index (χ1v) is 10.6. The molecule has 0 unspecified atom stereocenters. The lowest BCUT2D eigenvalue weighted by Gasteiger charge is -2.34. The number of ether oxygens (including phenoxy) is 1. The minimum absolute atomic E-state index is 0.153. The lowest BCUT2D eigenvalue weighted by atomic mass is 9.94. The van der Waals surface area contributed by atoms with Crippen molar-refractivity contribution in [2.45, 2.75) is 51.6 Å². The van der Waals surface area contributed by atoms with Crippen molar-refractivity contribution in [3.8, 4) is 0 Å². The first-order chi connectivity index (χ1) is 13.5. The Hall–Kier alpha value is -2.12. The molecule has 1 aromatic heterocycles. The monoisotopic (exact) mass is 421 g/mol. The smallest absolute Gasteiger partial charge is 0.357 e. The Morgan fingerprint density at radius 3 is 2.75 bits per heavy atom. The molecule has 1 aromatic carbocycles. The number of aromatic nitrogens is 1. The first kappa shape index (κ1) is 20.6. The van der Waals surface area contributed by atoms with Gasteiger partial charge in [-0.2, -0.15) is 0 Å². The van der Waals surface area contributed by atoms with E-state index >= 15 is 0 Å². The second kappa shape index (κ2) is 9.39. The molecule has 0 radical (unpaired) electrons. The number of aryl methyl sites for hydroxylation is 1. The highest BCUT2D eigenvalue weighted by molar-refractivity contribution is 7.09. The van der Waals surface area contributed by atoms with Gasteiger partial charge >= 0.3 is 12.0 Å². The first-order valence-electron chi connectivity index (χ1n) is 9.34. The summed E-state index contributed by atoms with van der Waals surface area (Å²) >= 11 is 7.54. The third-order valence-electron chi connectivity index (χ3n) is 4.95. The van der Waals surface area contributed by atoms with Gasteiger partial charge in [0.05, 0.1) is 13.7 Å². The van der Waals surface area contributed by atoms with Gasteiger partial charge in [-0.3, -0.25) is 0 Å². The molecule has 0 aliphatic heterocycles. The topological polar surface area (TPSA) is 71.5 Å². The maximum Gasteiger partial charge on any atom is 0.357 e. The van der Waals surface area contributed by atoms with Crippen molar-refractivity contribution in [2.24, 2.45) is 0 Å². The van der Waals surface area contributed by atoms with Gasteiger partial charge in [-0.25, -0.2) is 14.6 Å². The highest BCUT2D eigenvalue weighted by Gasteiger charge is 2.27. The summed E-state index contributed by atoms with van der Waals surface area (Å²) in [6.07, 6.45) is 5.35. The molecular formula is C20H24ClN3O3S. The summed E-state index contributed by atoms with van der Waals surface area (Å²) in [5.74, 6) is -0.467. The fourth-order valence-electron chi connectivity index (χ4n) is 3.35. The summed E-state index contributed by atoms with van der Waals surface area (Å²) in [7, 11) is 1.33. The van der Waals surface area contributed by atoms with Crippen LogP contribution < -0.4 is 5.32 Å². The molecule has 3 rings (SSSR count). The maximum atomic E-state index is 13.1. The number of carbonyl (C=O) groups is 2. The quantitative estimate of drug-likeness (QED) is 0.668. The summed E-state index contributed by atoms with van der Waals surface area (Å²) in [5.41, 5.74) is 1.90. The molecule has 0 bridgehead atoms. The molecule has 2 aromatic rings. The van der Waals surface area contributed by atoms with Gasteiger partial charge < -0.3 is 15.0 Å². The summed E-state index contributed by atoms with van der Waals surface area (Å²) in [4.78, 5) is 30.9. The molecular weight excluding hydrogens is 398 g/mol. The van der Waals surface area contributed by atoms with Gasteiger partial charge in [0.15, 0.2) is 5.69 Å². The lowest BCUT2D eigenvalue weighted by molar-refractivity contribution is 0.0594. The molecule has 1 fully saturated rings. The SMILES string of the molecule is COC(=O)c1csc(CN(C(=O)Nc2ccc(C)c(Cl)c2)C2CCCCC2)n1. The van der Waals surface area contributed by atoms with Crippen LogP contribution in [0.2, 0.25) is 5.02 Å². The van der Waals surface area contributed by atoms with Gasteiger partial charge in [0.25, 0.3) is 0 Å². The number of hydrogen-bond acceptors (Lipinski definition) is 5. The van der Waals surface area contributed by atoms with Gasteiger partial charge in [-0.15, -0.1) is 11.3 Å². The number of benzene rings is 1. The Kier molecular flexibility index (Phi) is 6.91. The number of halogens is 1. The van der Waals surface area contributed by atoms with E-state index in [0.717, 1.165) is 31.2 Å². The molecule has 0 saturated heterocycles. The predicted molar refractivity (Wildman–Crippen MR) is 111 cm³/mol. The number of methoxy groups -OCH3 is 1. The van der Waals surface area contributed by atoms with Crippen LogP contribution in [0, 0.1) is 6.92 Å². The number of rotatable bonds is 5. The van der Waals surface area contributed by atoms with Crippen LogP contribution in [0.1, 0.15) is 53.2 Å². The van der Waals surface area contributed by atoms with Crippen molar-refractivity contribution in [1.82, 2.24) is 9.88 Å². The molecule has 150 valence electrons. The minimum Gasteiger partial charge on any atom is -0.464 e. The molecule has 1 saturated carbocycles. The van der Waals surface area contributed by atoms with E-state index in [2.05, 4.69) is 10.3 Å². The van der Waals surface area contributed by atoms with Gasteiger partial charge in [-0.05, 0) is 37.5 Å². The van der Waals surface area contributed by atoms with Crippen molar-refractivity contribution < 1.29 is 14.3 Å². The molecule has 0 atom stereocenters. The minimum atomic E-state index is -0.467. The molecule has 1 aliphatic rings. The molecule has 6 nitrogen and oxygen atoms in total. The van der Waals surface area contributed by atoms with Crippen molar-refractivity contribution in [3.63, 3.8) is 0 Å². The van der Waals surface area contributed by atoms with Crippen molar-refractivity contribution >= 4 is 40.6 Å². The van der Waals surface area contributed by atoms with E-state index in [1.54, 1.807) is 11.4 Å². The molecule has 1 N–H and O–H groups in total. The number of hydrogen-bond donors (Lipinski definition) is 1. The summed E-state index contributed by atoms with van der Waals surface area (Å²) in [6.45, 7) is 2.28. The van der Waals surface area contributed by atoms with Crippen LogP contribution in [-0.4, -0.2) is 35.0 Å². The van der Waals surface area contributed by atoms with E-state index in [1.165, 1.54) is 24.9 Å². The van der Waals surface area contributed by atoms with Gasteiger partial charge in [0, 0.05) is 22.1 Å². The van der Waals surface area contributed by atoms with E-state index in [9.17, 15) is 9.59 Å². The number of nitrogens with zero attached hydrogens (tertiary/aromatic N) is 2. The van der Waals surface area contributed by atoms with E-state index < -0.39 is 5.97 Å². The molecule has 28 heavy (non-hydrogen) atoms. The number of thiazole rings is 1. The average molecular weight is 422 g/mol. The zero-order valence-electron chi connectivity index (χ0n) is 16.0. The number of anilines is 1. The van der Waals surface area contributed by atoms with Crippen molar-refractivity contribution in [1.29, 1.82) is 0 Å². The number of nitrogens with one attached hydrogen (secondary N) is 1. The Balaban J connectivity index is 1.77. The van der Waals surface area contributed by atoms with Crippen LogP contribution in [0.25, 0.3) is 0 Å². The van der Waals surface area contributed by atoms with Gasteiger partial charge in [-0.1, -0.05) is 36.9 Å². The zero-order valence-corrected chi connectivity index (χ0v) is 17.6. The number of carbonyl (C=O) groups excluding carboxylic acids is 2. The summed E-state index contributed by atoms with van der Waals surface area (Å²) in [6, 6.07) is 5.46. The fourth-order valence-corrected chi connectivity index (χ4v) is 4.29. The van der Waals surface area contributed by atoms with Gasteiger partial charge in [0.2, 0.25) is 0 Å². The number of esters is 1. The average Bonchev–Trinajstić information content (AvgIpc) is 3.17. The number of urea groups is 1. The van der Waals surface area contributed by atoms with E-state index in [1.807, 2.05) is 24.0 Å². The largest absolute Gasteiger partial charge is 0.464 e. The third-order valence-corrected chi connectivity index (χ3v) is 6.19. The van der Waals surface area contributed by atoms with Gasteiger partial charge in [0.1, 0.15) is 5.01 Å². The molecule has 8 heteroatoms. The zero-order chi connectivity index (χ0) is 20.1. The van der Waals surface area contributed by atoms with E-state index in [-0.39, 0.29) is 17.8 Å². The normalized spacial score (nSPS) is 14.5. The van der Waals surface area contributed by atoms with Crippen LogP contribution in [0.4, 0.5) is 10.5 Å². The third kappa shape index (κ3) is 5.02. The highest BCUT2D eigenvalue weighted by Crippen LogP contribution is 2.27. The van der Waals surface area contributed by atoms with Crippen LogP contribution in [-0.2, 0) is 11.3 Å². The van der Waals surface area contributed by atoms with E-state index in [4.69, 9.17) is 16.3 Å². The fraction of sp³-hybridized carbons (Fsp3) is 0.450. The number of amides is 2. The standard InChI is InChI=1S/C20H24ClN3O3S/c1-13-8-9-14(10-16(13)21)22-20(26)24(15-6-4-3-5-7-15)11-18-23-17(12-28-18)19(25)27-2/h8-10,12,15H,3-7,11H2,1-2H3,(H,22,26). The Morgan fingerprint density at radius 1 is 1.32 bits per heavy atom. The van der Waals surface area contributed by atoms with Crippen molar-refractivity contribution in [3.05, 3.63) is 44.9 Å².